The number of hydrogen-bond donors (Lipinski definition) is 0. The number of rotatable bonds is 2. The molecule has 4 aromatic heterocycles. The molecule has 0 saturated heterocycles. The van der Waals surface area contributed by atoms with Crippen molar-refractivity contribution in [3.8, 4) is 55.9 Å². The van der Waals surface area contributed by atoms with E-state index in [-0.39, 0.29) is 21.1 Å². The summed E-state index contributed by atoms with van der Waals surface area (Å²) in [5, 5.41) is 4.58. The van der Waals surface area contributed by atoms with Gasteiger partial charge in [0.25, 0.3) is 0 Å². The van der Waals surface area contributed by atoms with Gasteiger partial charge in [0.15, 0.2) is 0 Å². The van der Waals surface area contributed by atoms with Crippen LogP contribution in [0.15, 0.2) is 158 Å². The number of benzene rings is 6. The van der Waals surface area contributed by atoms with Crippen molar-refractivity contribution in [1.82, 2.24) is 19.1 Å². The van der Waals surface area contributed by atoms with Crippen LogP contribution in [0.4, 0.5) is 0 Å². The van der Waals surface area contributed by atoms with Gasteiger partial charge in [0, 0.05) is 33.9 Å². The van der Waals surface area contributed by atoms with Crippen molar-refractivity contribution in [2.45, 2.75) is 0 Å². The van der Waals surface area contributed by atoms with Gasteiger partial charge in [-0.05, 0) is 58.9 Å². The Hall–Kier alpha value is -6.09. The summed E-state index contributed by atoms with van der Waals surface area (Å²) >= 11 is 0. The average molecular weight is 830 g/mol. The fraction of sp³-hybridized carbons (Fsp3) is 0. The molecule has 4 nitrogen and oxygen atoms in total. The standard InChI is InChI=1S/C46H26N4.Pt/c1-3-13-33-31(11-1)32-12-2-4-14-34(32)36-24-22-30(50-44-20-8-6-16-38(44)40-18-10-26-48-46(40)50)28-42(36)41-27-29(21-23-35(33)41)49-43-19-7-5-15-37(43)39-17-9-25-47-45(39)49;/h1-26H;/q-2;+2. The zero-order valence-electron chi connectivity index (χ0n) is 27.1. The number of pyridine rings is 2. The zero-order valence-corrected chi connectivity index (χ0v) is 29.4. The van der Waals surface area contributed by atoms with Crippen LogP contribution < -0.4 is 0 Å². The first-order valence-corrected chi connectivity index (χ1v) is 16.8. The molecule has 1 aliphatic rings. The van der Waals surface area contributed by atoms with E-state index < -0.39 is 0 Å². The topological polar surface area (TPSA) is 35.6 Å². The summed E-state index contributed by atoms with van der Waals surface area (Å²) in [6, 6.07) is 59.6. The van der Waals surface area contributed by atoms with Gasteiger partial charge < -0.3 is 9.13 Å². The Morgan fingerprint density at radius 1 is 0.353 bits per heavy atom. The SMILES string of the molecule is [Pt+2].[c-]1c(-n2c3ccccc3c3cccnc32)ccc2c1-c1[c-]c(-n3c4ccccc4c4cccnc43)ccc1-c1ccccc1-c1ccccc1-2. The number of nitrogens with zero attached hydrogens (tertiary/aromatic N) is 4. The van der Waals surface area contributed by atoms with Crippen LogP contribution in [0.2, 0.25) is 0 Å². The monoisotopic (exact) mass is 829 g/mol. The van der Waals surface area contributed by atoms with Crippen LogP contribution in [0.1, 0.15) is 0 Å². The predicted molar refractivity (Wildman–Crippen MR) is 204 cm³/mol. The first-order chi connectivity index (χ1) is 24.8. The summed E-state index contributed by atoms with van der Waals surface area (Å²) in [7, 11) is 0. The molecule has 10 aromatic rings. The minimum atomic E-state index is 0. The van der Waals surface area contributed by atoms with E-state index in [1.54, 1.807) is 0 Å². The van der Waals surface area contributed by atoms with Crippen molar-refractivity contribution in [3.05, 3.63) is 170 Å². The van der Waals surface area contributed by atoms with Crippen LogP contribution >= 0.6 is 0 Å². The number of aromatic nitrogens is 4. The predicted octanol–water partition coefficient (Wildman–Crippen LogP) is 11.3. The molecule has 5 heteroatoms. The first-order valence-electron chi connectivity index (χ1n) is 16.8. The summed E-state index contributed by atoms with van der Waals surface area (Å²) in [6.07, 6.45) is 3.74. The Morgan fingerprint density at radius 2 is 0.725 bits per heavy atom. The molecule has 0 saturated carbocycles. The molecule has 0 fully saturated rings. The molecule has 0 amide bonds. The summed E-state index contributed by atoms with van der Waals surface area (Å²) in [4.78, 5) is 9.76. The molecule has 6 aromatic carbocycles. The Balaban J connectivity index is 0.00000327. The normalized spacial score (nSPS) is 11.8. The van der Waals surface area contributed by atoms with Crippen molar-refractivity contribution in [3.63, 3.8) is 0 Å². The molecule has 0 aliphatic heterocycles. The third-order valence-electron chi connectivity index (χ3n) is 10.2. The largest absolute Gasteiger partial charge is 2.00 e. The molecule has 4 heterocycles. The third-order valence-corrected chi connectivity index (χ3v) is 10.2. The van der Waals surface area contributed by atoms with Gasteiger partial charge in [0.2, 0.25) is 0 Å². The van der Waals surface area contributed by atoms with Crippen molar-refractivity contribution >= 4 is 43.9 Å². The fourth-order valence-electron chi connectivity index (χ4n) is 8.05. The molecule has 11 rings (SSSR count). The number of fused-ring (bicyclic) bond motifs is 14. The number of para-hydroxylation sites is 2. The van der Waals surface area contributed by atoms with Crippen LogP contribution in [0.25, 0.3) is 99.8 Å². The van der Waals surface area contributed by atoms with Gasteiger partial charge in [0.05, 0.1) is 11.0 Å². The van der Waals surface area contributed by atoms with Crippen molar-refractivity contribution in [2.75, 3.05) is 0 Å². The molecule has 240 valence electrons. The van der Waals surface area contributed by atoms with E-state index in [2.05, 4.69) is 155 Å². The summed E-state index contributed by atoms with van der Waals surface area (Å²) in [6.45, 7) is 0. The van der Waals surface area contributed by atoms with Crippen LogP contribution in [0.3, 0.4) is 0 Å². The minimum absolute atomic E-state index is 0. The van der Waals surface area contributed by atoms with Crippen LogP contribution in [-0.4, -0.2) is 19.1 Å². The van der Waals surface area contributed by atoms with Crippen LogP contribution in [-0.2, 0) is 21.1 Å². The molecular formula is C46H26N4Pt. The molecule has 0 atom stereocenters. The van der Waals surface area contributed by atoms with Gasteiger partial charge in [0.1, 0.15) is 11.3 Å². The smallest absolute Gasteiger partial charge is 0.313 e. The van der Waals surface area contributed by atoms with Gasteiger partial charge in [-0.1, -0.05) is 96.1 Å². The first kappa shape index (κ1) is 29.8. The van der Waals surface area contributed by atoms with Crippen molar-refractivity contribution < 1.29 is 21.1 Å². The molecule has 51 heavy (non-hydrogen) atoms. The van der Waals surface area contributed by atoms with Crippen LogP contribution in [0, 0.1) is 12.1 Å². The Labute approximate surface area is 308 Å². The molecular weight excluding hydrogens is 804 g/mol. The van der Waals surface area contributed by atoms with Crippen molar-refractivity contribution in [1.29, 1.82) is 0 Å². The van der Waals surface area contributed by atoms with E-state index in [9.17, 15) is 0 Å². The molecule has 0 radical (unpaired) electrons. The van der Waals surface area contributed by atoms with Crippen molar-refractivity contribution in [2.24, 2.45) is 0 Å². The Kier molecular flexibility index (Phi) is 6.71. The second-order valence-corrected chi connectivity index (χ2v) is 12.8. The fourth-order valence-corrected chi connectivity index (χ4v) is 8.05. The molecule has 1 aliphatic carbocycles. The van der Waals surface area contributed by atoms with Gasteiger partial charge >= 0.3 is 21.1 Å². The number of hydrogen-bond acceptors (Lipinski definition) is 2. The van der Waals surface area contributed by atoms with E-state index in [4.69, 9.17) is 9.97 Å². The van der Waals surface area contributed by atoms with E-state index in [0.29, 0.717) is 0 Å². The average Bonchev–Trinajstić information content (AvgIpc) is 3.70. The maximum atomic E-state index is 4.88. The third kappa shape index (κ3) is 4.30. The quantitative estimate of drug-likeness (QED) is 0.163. The maximum Gasteiger partial charge on any atom is 2.00 e. The second-order valence-electron chi connectivity index (χ2n) is 12.8. The van der Waals surface area contributed by atoms with E-state index in [1.807, 2.05) is 24.5 Å². The molecule has 0 N–H and O–H groups in total. The summed E-state index contributed by atoms with van der Waals surface area (Å²) in [5.41, 5.74) is 14.8. The van der Waals surface area contributed by atoms with Gasteiger partial charge in [-0.3, -0.25) is 0 Å². The second kappa shape index (κ2) is 11.5. The molecule has 0 bridgehead atoms. The molecule has 0 spiro atoms. The van der Waals surface area contributed by atoms with E-state index >= 15 is 0 Å². The Bertz CT molecular complexity index is 2690. The van der Waals surface area contributed by atoms with E-state index in [1.165, 1.54) is 33.0 Å². The maximum absolute atomic E-state index is 4.88. The minimum Gasteiger partial charge on any atom is -0.313 e. The Morgan fingerprint density at radius 3 is 1.18 bits per heavy atom. The van der Waals surface area contributed by atoms with Crippen LogP contribution in [0.5, 0.6) is 0 Å². The van der Waals surface area contributed by atoms with Gasteiger partial charge in [-0.15, -0.1) is 35.4 Å². The summed E-state index contributed by atoms with van der Waals surface area (Å²) in [5.74, 6) is 0. The summed E-state index contributed by atoms with van der Waals surface area (Å²) < 4.78 is 4.48. The molecule has 0 unspecified atom stereocenters. The zero-order chi connectivity index (χ0) is 32.8. The van der Waals surface area contributed by atoms with Gasteiger partial charge in [-0.2, -0.15) is 12.1 Å². The van der Waals surface area contributed by atoms with Gasteiger partial charge in [-0.25, -0.2) is 21.1 Å². The van der Waals surface area contributed by atoms with E-state index in [0.717, 1.165) is 66.7 Å².